The van der Waals surface area contributed by atoms with Crippen LogP contribution in [0.25, 0.3) is 0 Å². The summed E-state index contributed by atoms with van der Waals surface area (Å²) in [5.74, 6) is 0.219. The van der Waals surface area contributed by atoms with E-state index >= 15 is 0 Å². The molecule has 1 aliphatic rings. The van der Waals surface area contributed by atoms with Gasteiger partial charge in [-0.05, 0) is 54.8 Å². The minimum atomic E-state index is 0.219. The first-order valence-corrected chi connectivity index (χ1v) is 9.16. The van der Waals surface area contributed by atoms with Crippen molar-refractivity contribution in [1.29, 1.82) is 0 Å². The lowest BCUT2D eigenvalue weighted by atomic mass is 10.1. The summed E-state index contributed by atoms with van der Waals surface area (Å²) in [5.41, 5.74) is 4.97. The molecule has 3 rings (SSSR count). The van der Waals surface area contributed by atoms with Crippen LogP contribution in [0.3, 0.4) is 0 Å². The van der Waals surface area contributed by atoms with Gasteiger partial charge in [0.2, 0.25) is 5.91 Å². The number of hydrogen-bond acceptors (Lipinski definition) is 2. The van der Waals surface area contributed by atoms with Crippen LogP contribution in [0.15, 0.2) is 46.9 Å². The van der Waals surface area contributed by atoms with Crippen LogP contribution in [0, 0.1) is 13.8 Å². The van der Waals surface area contributed by atoms with Gasteiger partial charge in [0.1, 0.15) is 0 Å². The van der Waals surface area contributed by atoms with E-state index in [4.69, 9.17) is 0 Å². The average molecular weight is 387 g/mol. The van der Waals surface area contributed by atoms with Crippen molar-refractivity contribution in [1.82, 2.24) is 4.90 Å². The minimum Gasteiger partial charge on any atom is -0.368 e. The molecular formula is C20H23BrN2O. The third-order valence-corrected chi connectivity index (χ3v) is 5.29. The van der Waals surface area contributed by atoms with Crippen LogP contribution in [0.2, 0.25) is 0 Å². The second-order valence-electron chi connectivity index (χ2n) is 6.44. The van der Waals surface area contributed by atoms with Crippen molar-refractivity contribution in [2.24, 2.45) is 0 Å². The Morgan fingerprint density at radius 3 is 2.25 bits per heavy atom. The molecule has 0 radical (unpaired) electrons. The van der Waals surface area contributed by atoms with Crippen LogP contribution < -0.4 is 4.90 Å². The maximum absolute atomic E-state index is 12.5. The third kappa shape index (κ3) is 3.99. The molecule has 1 aliphatic heterocycles. The molecule has 1 heterocycles. The number of nitrogens with zero attached hydrogens (tertiary/aromatic N) is 2. The van der Waals surface area contributed by atoms with Gasteiger partial charge in [0.15, 0.2) is 0 Å². The molecule has 2 aromatic carbocycles. The molecule has 0 N–H and O–H groups in total. The van der Waals surface area contributed by atoms with Crippen molar-refractivity contribution in [3.05, 3.63) is 63.6 Å². The molecule has 0 bridgehead atoms. The molecule has 4 heteroatoms. The van der Waals surface area contributed by atoms with Gasteiger partial charge in [0.05, 0.1) is 6.42 Å². The van der Waals surface area contributed by atoms with E-state index in [1.165, 1.54) is 16.8 Å². The fourth-order valence-electron chi connectivity index (χ4n) is 3.03. The summed E-state index contributed by atoms with van der Waals surface area (Å²) in [4.78, 5) is 16.8. The molecule has 1 fully saturated rings. The number of piperazine rings is 1. The van der Waals surface area contributed by atoms with Crippen molar-refractivity contribution >= 4 is 27.5 Å². The first-order chi connectivity index (χ1) is 11.5. The van der Waals surface area contributed by atoms with Gasteiger partial charge in [-0.1, -0.05) is 34.1 Å². The Morgan fingerprint density at radius 2 is 1.62 bits per heavy atom. The highest BCUT2D eigenvalue weighted by Gasteiger charge is 2.21. The normalized spacial score (nSPS) is 14.8. The van der Waals surface area contributed by atoms with E-state index in [2.05, 4.69) is 52.9 Å². The molecule has 126 valence electrons. The van der Waals surface area contributed by atoms with Crippen molar-refractivity contribution in [2.75, 3.05) is 31.1 Å². The number of carbonyl (C=O) groups is 1. The number of rotatable bonds is 3. The number of aryl methyl sites for hydroxylation is 2. The maximum atomic E-state index is 12.5. The zero-order valence-electron chi connectivity index (χ0n) is 14.3. The van der Waals surface area contributed by atoms with Gasteiger partial charge in [-0.2, -0.15) is 0 Å². The number of anilines is 1. The van der Waals surface area contributed by atoms with Gasteiger partial charge < -0.3 is 9.80 Å². The second kappa shape index (κ2) is 7.39. The molecule has 0 atom stereocenters. The molecule has 24 heavy (non-hydrogen) atoms. The summed E-state index contributed by atoms with van der Waals surface area (Å²) in [5, 5.41) is 0. The van der Waals surface area contributed by atoms with Crippen LogP contribution >= 0.6 is 15.9 Å². The molecule has 0 aliphatic carbocycles. The summed E-state index contributed by atoms with van der Waals surface area (Å²) in [6.07, 6.45) is 0.483. The second-order valence-corrected chi connectivity index (χ2v) is 7.36. The maximum Gasteiger partial charge on any atom is 0.227 e. The van der Waals surface area contributed by atoms with Gasteiger partial charge >= 0.3 is 0 Å². The predicted molar refractivity (Wildman–Crippen MR) is 103 cm³/mol. The smallest absolute Gasteiger partial charge is 0.227 e. The third-order valence-electron chi connectivity index (χ3n) is 4.76. The zero-order chi connectivity index (χ0) is 17.1. The van der Waals surface area contributed by atoms with Gasteiger partial charge in [0, 0.05) is 36.3 Å². The molecule has 3 nitrogen and oxygen atoms in total. The van der Waals surface area contributed by atoms with Crippen LogP contribution in [0.1, 0.15) is 16.7 Å². The molecule has 2 aromatic rings. The molecule has 0 spiro atoms. The molecule has 1 saturated heterocycles. The quantitative estimate of drug-likeness (QED) is 0.796. The first kappa shape index (κ1) is 17.0. The van der Waals surface area contributed by atoms with Crippen molar-refractivity contribution in [2.45, 2.75) is 20.3 Å². The largest absolute Gasteiger partial charge is 0.368 e. The highest BCUT2D eigenvalue weighted by atomic mass is 79.9. The van der Waals surface area contributed by atoms with Crippen molar-refractivity contribution in [3.8, 4) is 0 Å². The highest BCUT2D eigenvalue weighted by Crippen LogP contribution is 2.20. The average Bonchev–Trinajstić information content (AvgIpc) is 2.59. The summed E-state index contributed by atoms with van der Waals surface area (Å²) >= 11 is 3.43. The van der Waals surface area contributed by atoms with Crippen LogP contribution in [0.4, 0.5) is 5.69 Å². The first-order valence-electron chi connectivity index (χ1n) is 8.37. The minimum absolute atomic E-state index is 0.219. The summed E-state index contributed by atoms with van der Waals surface area (Å²) in [7, 11) is 0. The van der Waals surface area contributed by atoms with E-state index < -0.39 is 0 Å². The fourth-order valence-corrected chi connectivity index (χ4v) is 3.29. The number of benzene rings is 2. The van der Waals surface area contributed by atoms with Gasteiger partial charge in [-0.3, -0.25) is 4.79 Å². The Hall–Kier alpha value is -1.81. The number of carbonyl (C=O) groups excluding carboxylic acids is 1. The zero-order valence-corrected chi connectivity index (χ0v) is 15.8. The van der Waals surface area contributed by atoms with E-state index in [-0.39, 0.29) is 5.91 Å². The summed E-state index contributed by atoms with van der Waals surface area (Å²) in [6.45, 7) is 7.67. The van der Waals surface area contributed by atoms with Crippen LogP contribution in [-0.2, 0) is 11.2 Å². The SMILES string of the molecule is Cc1ccc(N2CCN(C(=O)Cc3ccc(Br)cc3)CC2)cc1C. The van der Waals surface area contributed by atoms with E-state index in [1.807, 2.05) is 29.2 Å². The van der Waals surface area contributed by atoms with Crippen molar-refractivity contribution in [3.63, 3.8) is 0 Å². The van der Waals surface area contributed by atoms with E-state index in [0.29, 0.717) is 6.42 Å². The van der Waals surface area contributed by atoms with Crippen LogP contribution in [-0.4, -0.2) is 37.0 Å². The number of hydrogen-bond donors (Lipinski definition) is 0. The lowest BCUT2D eigenvalue weighted by Gasteiger charge is -2.36. The predicted octanol–water partition coefficient (Wildman–Crippen LogP) is 3.96. The lowest BCUT2D eigenvalue weighted by Crippen LogP contribution is -2.49. The van der Waals surface area contributed by atoms with Gasteiger partial charge in [-0.25, -0.2) is 0 Å². The molecule has 0 saturated carbocycles. The summed E-state index contributed by atoms with van der Waals surface area (Å²) < 4.78 is 1.04. The van der Waals surface area contributed by atoms with E-state index in [1.54, 1.807) is 0 Å². The fraction of sp³-hybridized carbons (Fsp3) is 0.350. The Morgan fingerprint density at radius 1 is 0.958 bits per heavy atom. The Balaban J connectivity index is 1.57. The Kier molecular flexibility index (Phi) is 5.24. The number of halogens is 1. The highest BCUT2D eigenvalue weighted by molar-refractivity contribution is 9.10. The molecule has 1 amide bonds. The van der Waals surface area contributed by atoms with Gasteiger partial charge in [-0.15, -0.1) is 0 Å². The Labute approximate surface area is 152 Å². The van der Waals surface area contributed by atoms with Gasteiger partial charge in [0.25, 0.3) is 0 Å². The standard InChI is InChI=1S/C20H23BrN2O/c1-15-3-8-19(13-16(15)2)22-9-11-23(12-10-22)20(24)14-17-4-6-18(21)7-5-17/h3-8,13H,9-12,14H2,1-2H3. The molecule has 0 aromatic heterocycles. The summed E-state index contributed by atoms with van der Waals surface area (Å²) in [6, 6.07) is 14.6. The van der Waals surface area contributed by atoms with Crippen molar-refractivity contribution < 1.29 is 4.79 Å². The van der Waals surface area contributed by atoms with E-state index in [0.717, 1.165) is 36.2 Å². The molecule has 0 unspecified atom stereocenters. The number of amides is 1. The lowest BCUT2D eigenvalue weighted by molar-refractivity contribution is -0.130. The van der Waals surface area contributed by atoms with Crippen LogP contribution in [0.5, 0.6) is 0 Å². The monoisotopic (exact) mass is 386 g/mol. The van der Waals surface area contributed by atoms with E-state index in [9.17, 15) is 4.79 Å². The topological polar surface area (TPSA) is 23.6 Å². The Bertz CT molecular complexity index is 719. The molecular weight excluding hydrogens is 364 g/mol.